The van der Waals surface area contributed by atoms with Crippen LogP contribution in [-0.4, -0.2) is 39.7 Å². The van der Waals surface area contributed by atoms with Crippen molar-refractivity contribution in [3.05, 3.63) is 36.5 Å². The third-order valence-corrected chi connectivity index (χ3v) is 4.43. The molecule has 114 valence electrons. The highest BCUT2D eigenvalue weighted by molar-refractivity contribution is 7.89. The highest BCUT2D eigenvalue weighted by Gasteiger charge is 2.16. The van der Waals surface area contributed by atoms with Gasteiger partial charge < -0.3 is 10.5 Å². The molecule has 0 saturated heterocycles. The summed E-state index contributed by atoms with van der Waals surface area (Å²) in [6.07, 6.45) is 2.24. The fourth-order valence-electron chi connectivity index (χ4n) is 1.95. The summed E-state index contributed by atoms with van der Waals surface area (Å²) in [4.78, 5) is 4.41. The predicted octanol–water partition coefficient (Wildman–Crippen LogP) is 0.879. The van der Waals surface area contributed by atoms with Crippen molar-refractivity contribution < 1.29 is 13.2 Å². The standard InChI is InChI=1S/C14H19N3O3S/c15-7-11-20-10-3-9-17-21(18,19)14-6-1-5-13-12(14)4-2-8-16-13/h1-2,4-6,8,17H,3,7,9-11,15H2. The van der Waals surface area contributed by atoms with Gasteiger partial charge in [0.15, 0.2) is 0 Å². The molecular formula is C14H19N3O3S. The fraction of sp³-hybridized carbons (Fsp3) is 0.357. The molecule has 0 radical (unpaired) electrons. The van der Waals surface area contributed by atoms with E-state index in [1.165, 1.54) is 0 Å². The Kier molecular flexibility index (Phi) is 5.63. The molecule has 21 heavy (non-hydrogen) atoms. The fourth-order valence-corrected chi connectivity index (χ4v) is 3.24. The second-order valence-electron chi connectivity index (χ2n) is 4.48. The molecule has 7 heteroatoms. The molecule has 2 aromatic rings. The molecule has 0 spiro atoms. The minimum atomic E-state index is -3.55. The lowest BCUT2D eigenvalue weighted by atomic mass is 10.2. The number of hydrogen-bond donors (Lipinski definition) is 2. The molecule has 3 N–H and O–H groups in total. The Hall–Kier alpha value is -1.54. The van der Waals surface area contributed by atoms with Crippen LogP contribution in [0.2, 0.25) is 0 Å². The number of sulfonamides is 1. The Balaban J connectivity index is 2.05. The van der Waals surface area contributed by atoms with Crippen molar-refractivity contribution in [2.24, 2.45) is 5.73 Å². The predicted molar refractivity (Wildman–Crippen MR) is 81.4 cm³/mol. The molecule has 0 aliphatic rings. The van der Waals surface area contributed by atoms with Gasteiger partial charge in [-0.25, -0.2) is 13.1 Å². The minimum absolute atomic E-state index is 0.246. The van der Waals surface area contributed by atoms with E-state index < -0.39 is 10.0 Å². The summed E-state index contributed by atoms with van der Waals surface area (Å²) in [6, 6.07) is 8.53. The van der Waals surface area contributed by atoms with Gasteiger partial charge in [-0.05, 0) is 30.7 Å². The van der Waals surface area contributed by atoms with Crippen LogP contribution in [0.25, 0.3) is 10.9 Å². The number of nitrogens with one attached hydrogen (secondary N) is 1. The molecule has 0 aliphatic heterocycles. The second-order valence-corrected chi connectivity index (χ2v) is 6.21. The number of benzene rings is 1. The maximum absolute atomic E-state index is 12.3. The van der Waals surface area contributed by atoms with Crippen molar-refractivity contribution >= 4 is 20.9 Å². The van der Waals surface area contributed by atoms with Gasteiger partial charge in [-0.15, -0.1) is 0 Å². The van der Waals surface area contributed by atoms with Crippen LogP contribution in [0.3, 0.4) is 0 Å². The summed E-state index contributed by atoms with van der Waals surface area (Å²) < 4.78 is 32.5. The molecule has 0 saturated carbocycles. The Morgan fingerprint density at radius 1 is 1.19 bits per heavy atom. The number of aromatic nitrogens is 1. The SMILES string of the molecule is NCCOCCCNS(=O)(=O)c1cccc2ncccc12. The Labute approximate surface area is 124 Å². The zero-order valence-corrected chi connectivity index (χ0v) is 12.5. The average molecular weight is 309 g/mol. The van der Waals surface area contributed by atoms with Gasteiger partial charge in [0, 0.05) is 31.3 Å². The molecule has 1 aromatic heterocycles. The van der Waals surface area contributed by atoms with Gasteiger partial charge in [0.1, 0.15) is 0 Å². The lowest BCUT2D eigenvalue weighted by Gasteiger charge is -2.09. The van der Waals surface area contributed by atoms with Crippen LogP contribution in [-0.2, 0) is 14.8 Å². The van der Waals surface area contributed by atoms with E-state index in [1.807, 2.05) is 0 Å². The second kappa shape index (κ2) is 7.46. The van der Waals surface area contributed by atoms with Crippen LogP contribution in [0.1, 0.15) is 6.42 Å². The molecule has 6 nitrogen and oxygen atoms in total. The first-order valence-corrected chi connectivity index (χ1v) is 8.25. The van der Waals surface area contributed by atoms with Gasteiger partial charge in [0.2, 0.25) is 10.0 Å². The third-order valence-electron chi connectivity index (χ3n) is 2.91. The third kappa shape index (κ3) is 4.21. The monoisotopic (exact) mass is 309 g/mol. The summed E-state index contributed by atoms with van der Waals surface area (Å²) in [5, 5.41) is 0.617. The van der Waals surface area contributed by atoms with Gasteiger partial charge in [-0.3, -0.25) is 4.98 Å². The van der Waals surface area contributed by atoms with E-state index in [-0.39, 0.29) is 4.90 Å². The van der Waals surface area contributed by atoms with Gasteiger partial charge in [-0.1, -0.05) is 6.07 Å². The Bertz CT molecular complexity index is 683. The van der Waals surface area contributed by atoms with Crippen molar-refractivity contribution in [2.75, 3.05) is 26.3 Å². The van der Waals surface area contributed by atoms with Crippen molar-refractivity contribution in [2.45, 2.75) is 11.3 Å². The van der Waals surface area contributed by atoms with E-state index >= 15 is 0 Å². The largest absolute Gasteiger partial charge is 0.380 e. The number of nitrogens with two attached hydrogens (primary N) is 1. The number of nitrogens with zero attached hydrogens (tertiary/aromatic N) is 1. The lowest BCUT2D eigenvalue weighted by Crippen LogP contribution is -2.26. The zero-order chi connectivity index (χ0) is 15.1. The van der Waals surface area contributed by atoms with E-state index in [4.69, 9.17) is 10.5 Å². The van der Waals surface area contributed by atoms with Crippen LogP contribution in [0, 0.1) is 0 Å². The molecule has 0 amide bonds. The van der Waals surface area contributed by atoms with Crippen molar-refractivity contribution in [3.8, 4) is 0 Å². The first-order chi connectivity index (χ1) is 10.1. The van der Waals surface area contributed by atoms with Gasteiger partial charge in [0.05, 0.1) is 17.0 Å². The zero-order valence-electron chi connectivity index (χ0n) is 11.7. The summed E-state index contributed by atoms with van der Waals surface area (Å²) in [5.74, 6) is 0. The molecule has 1 heterocycles. The quantitative estimate of drug-likeness (QED) is 0.706. The number of pyridine rings is 1. The normalized spacial score (nSPS) is 11.9. The van der Waals surface area contributed by atoms with Crippen LogP contribution in [0.5, 0.6) is 0 Å². The Morgan fingerprint density at radius 3 is 2.86 bits per heavy atom. The first-order valence-electron chi connectivity index (χ1n) is 6.76. The molecule has 0 bridgehead atoms. The van der Waals surface area contributed by atoms with Gasteiger partial charge in [-0.2, -0.15) is 0 Å². The van der Waals surface area contributed by atoms with E-state index in [2.05, 4.69) is 9.71 Å². The first kappa shape index (κ1) is 15.8. The average Bonchev–Trinajstić information content (AvgIpc) is 2.50. The smallest absolute Gasteiger partial charge is 0.241 e. The number of ether oxygens (including phenoxy) is 1. The maximum Gasteiger partial charge on any atom is 0.241 e. The summed E-state index contributed by atoms with van der Waals surface area (Å²) >= 11 is 0. The minimum Gasteiger partial charge on any atom is -0.380 e. The van der Waals surface area contributed by atoms with Crippen molar-refractivity contribution in [3.63, 3.8) is 0 Å². The van der Waals surface area contributed by atoms with E-state index in [0.29, 0.717) is 43.6 Å². The van der Waals surface area contributed by atoms with E-state index in [9.17, 15) is 8.42 Å². The van der Waals surface area contributed by atoms with Crippen LogP contribution in [0.4, 0.5) is 0 Å². The van der Waals surface area contributed by atoms with E-state index in [1.54, 1.807) is 36.5 Å². The number of rotatable bonds is 8. The topological polar surface area (TPSA) is 94.3 Å². The number of fused-ring (bicyclic) bond motifs is 1. The van der Waals surface area contributed by atoms with Gasteiger partial charge >= 0.3 is 0 Å². The molecular weight excluding hydrogens is 290 g/mol. The molecule has 2 rings (SSSR count). The highest BCUT2D eigenvalue weighted by atomic mass is 32.2. The molecule has 1 aromatic carbocycles. The Morgan fingerprint density at radius 2 is 2.05 bits per heavy atom. The highest BCUT2D eigenvalue weighted by Crippen LogP contribution is 2.20. The van der Waals surface area contributed by atoms with Crippen molar-refractivity contribution in [1.29, 1.82) is 0 Å². The number of hydrogen-bond acceptors (Lipinski definition) is 5. The molecule has 0 aliphatic carbocycles. The molecule has 0 fully saturated rings. The summed E-state index contributed by atoms with van der Waals surface area (Å²) in [6.45, 7) is 1.76. The maximum atomic E-state index is 12.3. The molecule has 0 atom stereocenters. The van der Waals surface area contributed by atoms with Crippen molar-refractivity contribution in [1.82, 2.24) is 9.71 Å². The van der Waals surface area contributed by atoms with Crippen LogP contribution >= 0.6 is 0 Å². The lowest BCUT2D eigenvalue weighted by molar-refractivity contribution is 0.140. The summed E-state index contributed by atoms with van der Waals surface area (Å²) in [5.41, 5.74) is 5.96. The summed E-state index contributed by atoms with van der Waals surface area (Å²) in [7, 11) is -3.55. The van der Waals surface area contributed by atoms with Crippen LogP contribution in [0.15, 0.2) is 41.4 Å². The molecule has 0 unspecified atom stereocenters. The van der Waals surface area contributed by atoms with Gasteiger partial charge in [0.25, 0.3) is 0 Å². The van der Waals surface area contributed by atoms with Crippen LogP contribution < -0.4 is 10.5 Å². The van der Waals surface area contributed by atoms with E-state index in [0.717, 1.165) is 0 Å².